The SMILES string of the molecule is CN(Cc1ccccc1)S(=O)(=O)c1ccc(N)c(Br)c1. The van der Waals surface area contributed by atoms with Crippen molar-refractivity contribution in [1.82, 2.24) is 4.31 Å². The van der Waals surface area contributed by atoms with Crippen molar-refractivity contribution in [3.05, 3.63) is 58.6 Å². The number of rotatable bonds is 4. The third-order valence-corrected chi connectivity index (χ3v) is 5.41. The summed E-state index contributed by atoms with van der Waals surface area (Å²) < 4.78 is 26.8. The fraction of sp³-hybridized carbons (Fsp3) is 0.143. The van der Waals surface area contributed by atoms with Crippen LogP contribution in [0.1, 0.15) is 5.56 Å². The number of nitrogen functional groups attached to an aromatic ring is 1. The van der Waals surface area contributed by atoms with Crippen LogP contribution in [0.25, 0.3) is 0 Å². The number of halogens is 1. The monoisotopic (exact) mass is 354 g/mol. The maximum Gasteiger partial charge on any atom is 0.243 e. The van der Waals surface area contributed by atoms with E-state index >= 15 is 0 Å². The van der Waals surface area contributed by atoms with Crippen LogP contribution in [-0.4, -0.2) is 19.8 Å². The lowest BCUT2D eigenvalue weighted by atomic mass is 10.2. The maximum absolute atomic E-state index is 12.5. The summed E-state index contributed by atoms with van der Waals surface area (Å²) in [6.07, 6.45) is 0. The molecule has 0 fully saturated rings. The van der Waals surface area contributed by atoms with Gasteiger partial charge in [-0.1, -0.05) is 30.3 Å². The van der Waals surface area contributed by atoms with Crippen LogP contribution in [0.3, 0.4) is 0 Å². The first-order valence-electron chi connectivity index (χ1n) is 5.96. The van der Waals surface area contributed by atoms with Crippen molar-refractivity contribution < 1.29 is 8.42 Å². The van der Waals surface area contributed by atoms with E-state index in [0.29, 0.717) is 16.7 Å². The third-order valence-electron chi connectivity index (χ3n) is 2.93. The second-order valence-corrected chi connectivity index (χ2v) is 7.33. The average molecular weight is 355 g/mol. The van der Waals surface area contributed by atoms with E-state index < -0.39 is 10.0 Å². The van der Waals surface area contributed by atoms with Gasteiger partial charge >= 0.3 is 0 Å². The average Bonchev–Trinajstić information content (AvgIpc) is 2.42. The fourth-order valence-electron chi connectivity index (χ4n) is 1.77. The van der Waals surface area contributed by atoms with E-state index in [1.807, 2.05) is 30.3 Å². The molecule has 6 heteroatoms. The molecule has 0 radical (unpaired) electrons. The molecule has 2 aromatic rings. The van der Waals surface area contributed by atoms with Crippen molar-refractivity contribution in [2.45, 2.75) is 11.4 Å². The highest BCUT2D eigenvalue weighted by molar-refractivity contribution is 9.10. The van der Waals surface area contributed by atoms with Gasteiger partial charge in [-0.2, -0.15) is 4.31 Å². The Morgan fingerprint density at radius 1 is 1.15 bits per heavy atom. The number of benzene rings is 2. The van der Waals surface area contributed by atoms with E-state index in [2.05, 4.69) is 15.9 Å². The van der Waals surface area contributed by atoms with Crippen LogP contribution in [0.2, 0.25) is 0 Å². The Balaban J connectivity index is 2.27. The summed E-state index contributed by atoms with van der Waals surface area (Å²) in [7, 11) is -1.97. The first-order valence-corrected chi connectivity index (χ1v) is 8.20. The molecule has 0 aliphatic heterocycles. The highest BCUT2D eigenvalue weighted by atomic mass is 79.9. The molecule has 0 heterocycles. The predicted molar refractivity (Wildman–Crippen MR) is 83.6 cm³/mol. The van der Waals surface area contributed by atoms with Gasteiger partial charge in [0.1, 0.15) is 0 Å². The van der Waals surface area contributed by atoms with Crippen molar-refractivity contribution in [1.29, 1.82) is 0 Å². The molecule has 2 rings (SSSR count). The van der Waals surface area contributed by atoms with Crippen LogP contribution in [0.4, 0.5) is 5.69 Å². The normalized spacial score (nSPS) is 11.8. The van der Waals surface area contributed by atoms with Gasteiger partial charge in [0.25, 0.3) is 0 Å². The van der Waals surface area contributed by atoms with Gasteiger partial charge in [-0.15, -0.1) is 0 Å². The van der Waals surface area contributed by atoms with Crippen LogP contribution in [0.5, 0.6) is 0 Å². The predicted octanol–water partition coefficient (Wildman–Crippen LogP) is 2.85. The number of hydrogen-bond donors (Lipinski definition) is 1. The zero-order valence-corrected chi connectivity index (χ0v) is 13.4. The zero-order valence-electron chi connectivity index (χ0n) is 11.0. The minimum absolute atomic E-state index is 0.219. The molecule has 2 aromatic carbocycles. The summed E-state index contributed by atoms with van der Waals surface area (Å²) in [4.78, 5) is 0.219. The molecule has 0 saturated carbocycles. The Bertz CT molecular complexity index is 702. The van der Waals surface area contributed by atoms with Gasteiger partial charge in [-0.25, -0.2) is 8.42 Å². The summed E-state index contributed by atoms with van der Waals surface area (Å²) in [6, 6.07) is 14.1. The van der Waals surface area contributed by atoms with Crippen LogP contribution in [-0.2, 0) is 16.6 Å². The molecule has 0 spiro atoms. The van der Waals surface area contributed by atoms with E-state index in [1.54, 1.807) is 13.1 Å². The largest absolute Gasteiger partial charge is 0.398 e. The number of hydrogen-bond acceptors (Lipinski definition) is 3. The second-order valence-electron chi connectivity index (χ2n) is 4.43. The van der Waals surface area contributed by atoms with E-state index in [4.69, 9.17) is 5.73 Å². The Morgan fingerprint density at radius 3 is 2.40 bits per heavy atom. The first-order chi connectivity index (χ1) is 9.41. The van der Waals surface area contributed by atoms with Crippen molar-refractivity contribution in [3.8, 4) is 0 Å². The minimum atomic E-state index is -3.53. The lowest BCUT2D eigenvalue weighted by Crippen LogP contribution is -2.26. The molecular formula is C14H15BrN2O2S. The lowest BCUT2D eigenvalue weighted by molar-refractivity contribution is 0.466. The van der Waals surface area contributed by atoms with Crippen LogP contribution < -0.4 is 5.73 Å². The molecule has 4 nitrogen and oxygen atoms in total. The first kappa shape index (κ1) is 15.0. The number of nitrogens with two attached hydrogens (primary N) is 1. The molecule has 0 saturated heterocycles. The van der Waals surface area contributed by atoms with E-state index in [-0.39, 0.29) is 4.90 Å². The van der Waals surface area contributed by atoms with Crippen molar-refractivity contribution in [2.75, 3.05) is 12.8 Å². The van der Waals surface area contributed by atoms with Crippen molar-refractivity contribution in [2.24, 2.45) is 0 Å². The van der Waals surface area contributed by atoms with Gasteiger partial charge in [0.05, 0.1) is 4.90 Å². The molecule has 0 amide bonds. The van der Waals surface area contributed by atoms with E-state index in [0.717, 1.165) is 5.56 Å². The van der Waals surface area contributed by atoms with Crippen molar-refractivity contribution >= 4 is 31.6 Å². The van der Waals surface area contributed by atoms with Gasteiger partial charge in [-0.3, -0.25) is 0 Å². The summed E-state index contributed by atoms with van der Waals surface area (Å²) in [5.74, 6) is 0. The van der Waals surface area contributed by atoms with E-state index in [1.165, 1.54) is 16.4 Å². The lowest BCUT2D eigenvalue weighted by Gasteiger charge is -2.17. The standard InChI is InChI=1S/C14H15BrN2O2S/c1-17(10-11-5-3-2-4-6-11)20(18,19)12-7-8-14(16)13(15)9-12/h2-9H,10,16H2,1H3. The highest BCUT2D eigenvalue weighted by Crippen LogP contribution is 2.25. The molecule has 0 unspecified atom stereocenters. The van der Waals surface area contributed by atoms with Gasteiger partial charge in [0.2, 0.25) is 10.0 Å². The van der Waals surface area contributed by atoms with Gasteiger partial charge < -0.3 is 5.73 Å². The molecule has 2 N–H and O–H groups in total. The Morgan fingerprint density at radius 2 is 1.80 bits per heavy atom. The quantitative estimate of drug-likeness (QED) is 0.858. The maximum atomic E-state index is 12.5. The molecule has 0 aliphatic rings. The summed E-state index contributed by atoms with van der Waals surface area (Å²) in [5, 5.41) is 0. The van der Waals surface area contributed by atoms with Gasteiger partial charge in [-0.05, 0) is 39.7 Å². The smallest absolute Gasteiger partial charge is 0.243 e. The molecule has 106 valence electrons. The number of anilines is 1. The molecular weight excluding hydrogens is 340 g/mol. The van der Waals surface area contributed by atoms with Crippen LogP contribution in [0, 0.1) is 0 Å². The minimum Gasteiger partial charge on any atom is -0.398 e. The number of nitrogens with zero attached hydrogens (tertiary/aromatic N) is 1. The summed E-state index contributed by atoms with van der Waals surface area (Å²) in [5.41, 5.74) is 7.12. The highest BCUT2D eigenvalue weighted by Gasteiger charge is 2.21. The second kappa shape index (κ2) is 5.95. The zero-order chi connectivity index (χ0) is 14.8. The van der Waals surface area contributed by atoms with Crippen molar-refractivity contribution in [3.63, 3.8) is 0 Å². The fourth-order valence-corrected chi connectivity index (χ4v) is 3.49. The van der Waals surface area contributed by atoms with Crippen LogP contribution >= 0.6 is 15.9 Å². The third kappa shape index (κ3) is 3.20. The van der Waals surface area contributed by atoms with Gasteiger partial charge in [0, 0.05) is 23.8 Å². The number of sulfonamides is 1. The van der Waals surface area contributed by atoms with Crippen LogP contribution in [0.15, 0.2) is 57.9 Å². The molecule has 0 aromatic heterocycles. The molecule has 0 atom stereocenters. The molecule has 20 heavy (non-hydrogen) atoms. The summed E-state index contributed by atoms with van der Waals surface area (Å²) >= 11 is 3.25. The van der Waals surface area contributed by atoms with Gasteiger partial charge in [0.15, 0.2) is 0 Å². The Kier molecular flexibility index (Phi) is 4.47. The summed E-state index contributed by atoms with van der Waals surface area (Å²) in [6.45, 7) is 0.325. The molecule has 0 bridgehead atoms. The molecule has 0 aliphatic carbocycles. The topological polar surface area (TPSA) is 63.4 Å². The van der Waals surface area contributed by atoms with E-state index in [9.17, 15) is 8.42 Å². The Hall–Kier alpha value is -1.37. The Labute approximate surface area is 127 Å².